The van der Waals surface area contributed by atoms with Crippen molar-refractivity contribution in [2.45, 2.75) is 57.7 Å². The van der Waals surface area contributed by atoms with Crippen LogP contribution in [-0.4, -0.2) is 54.3 Å². The van der Waals surface area contributed by atoms with E-state index in [0.717, 1.165) is 64.4 Å². The highest BCUT2D eigenvalue weighted by atomic mass is 127. The van der Waals surface area contributed by atoms with Crippen molar-refractivity contribution in [1.82, 2.24) is 15.5 Å². The zero-order valence-corrected chi connectivity index (χ0v) is 18.2. The number of hydrogen-bond acceptors (Lipinski definition) is 4. The molecule has 0 bridgehead atoms. The van der Waals surface area contributed by atoms with E-state index in [4.69, 9.17) is 4.99 Å². The second-order valence-electron chi connectivity index (χ2n) is 6.81. The van der Waals surface area contributed by atoms with Gasteiger partial charge in [-0.05, 0) is 56.0 Å². The number of fused-ring (bicyclic) bond motifs is 1. The fraction of sp³-hybridized carbons (Fsp3) is 0.722. The van der Waals surface area contributed by atoms with Crippen molar-refractivity contribution in [3.05, 3.63) is 21.9 Å². The van der Waals surface area contributed by atoms with Gasteiger partial charge in [0.15, 0.2) is 5.96 Å². The molecule has 1 aromatic rings. The van der Waals surface area contributed by atoms with Crippen LogP contribution in [0.2, 0.25) is 0 Å². The first kappa shape index (κ1) is 20.9. The number of rotatable bonds is 5. The molecule has 0 radical (unpaired) electrons. The van der Waals surface area contributed by atoms with Crippen LogP contribution in [0.25, 0.3) is 0 Å². The van der Waals surface area contributed by atoms with Gasteiger partial charge >= 0.3 is 0 Å². The van der Waals surface area contributed by atoms with Gasteiger partial charge in [-0.25, -0.2) is 0 Å². The second kappa shape index (κ2) is 10.7. The summed E-state index contributed by atoms with van der Waals surface area (Å²) in [6.07, 6.45) is 4.92. The number of guanidine groups is 1. The van der Waals surface area contributed by atoms with E-state index in [1.807, 2.05) is 11.3 Å². The third-order valence-corrected chi connectivity index (χ3v) is 5.98. The average Bonchev–Trinajstić information content (AvgIpc) is 3.05. The summed E-state index contributed by atoms with van der Waals surface area (Å²) in [6.45, 7) is 7.03. The van der Waals surface area contributed by atoms with Crippen molar-refractivity contribution in [1.29, 1.82) is 0 Å². The predicted molar refractivity (Wildman–Crippen MR) is 116 cm³/mol. The number of aliphatic imine (C=N–C) groups is 1. The van der Waals surface area contributed by atoms with Gasteiger partial charge in [0.05, 0.1) is 12.6 Å². The second-order valence-corrected chi connectivity index (χ2v) is 7.81. The van der Waals surface area contributed by atoms with Crippen molar-refractivity contribution in [2.75, 3.05) is 26.2 Å². The van der Waals surface area contributed by atoms with Gasteiger partial charge in [0, 0.05) is 37.1 Å². The lowest BCUT2D eigenvalue weighted by molar-refractivity contribution is 0.120. The topological polar surface area (TPSA) is 59.9 Å². The van der Waals surface area contributed by atoms with Crippen LogP contribution in [0, 0.1) is 0 Å². The number of halogens is 1. The normalized spacial score (nSPS) is 24.3. The molecule has 2 aliphatic rings. The first-order chi connectivity index (χ1) is 11.7. The van der Waals surface area contributed by atoms with Crippen molar-refractivity contribution in [2.24, 2.45) is 4.99 Å². The third-order valence-electron chi connectivity index (χ3n) is 4.95. The van der Waals surface area contributed by atoms with E-state index in [1.54, 1.807) is 4.88 Å². The predicted octanol–water partition coefficient (Wildman–Crippen LogP) is 2.58. The summed E-state index contributed by atoms with van der Waals surface area (Å²) in [6, 6.07) is 2.70. The lowest BCUT2D eigenvalue weighted by Gasteiger charge is -2.28. The van der Waals surface area contributed by atoms with Gasteiger partial charge in [-0.1, -0.05) is 0 Å². The molecule has 3 N–H and O–H groups in total. The van der Waals surface area contributed by atoms with Gasteiger partial charge < -0.3 is 15.7 Å². The first-order valence-electron chi connectivity index (χ1n) is 9.25. The van der Waals surface area contributed by atoms with Crippen LogP contribution < -0.4 is 10.6 Å². The van der Waals surface area contributed by atoms with Gasteiger partial charge in [-0.3, -0.25) is 9.89 Å². The van der Waals surface area contributed by atoms with E-state index in [2.05, 4.69) is 33.9 Å². The van der Waals surface area contributed by atoms with Crippen molar-refractivity contribution < 1.29 is 5.11 Å². The molecule has 1 aliphatic carbocycles. The molecule has 1 aromatic heterocycles. The summed E-state index contributed by atoms with van der Waals surface area (Å²) in [4.78, 5) is 8.82. The molecule has 7 heteroatoms. The summed E-state index contributed by atoms with van der Waals surface area (Å²) in [5, 5.41) is 18.7. The summed E-state index contributed by atoms with van der Waals surface area (Å²) in [5.74, 6) is 0.923. The number of nitrogens with one attached hydrogen (secondary N) is 2. The maximum absolute atomic E-state index is 9.63. The smallest absolute Gasteiger partial charge is 0.191 e. The lowest BCUT2D eigenvalue weighted by atomic mass is 9.93. The van der Waals surface area contributed by atoms with Crippen LogP contribution in [0.1, 0.15) is 43.0 Å². The average molecular weight is 478 g/mol. The molecule has 25 heavy (non-hydrogen) atoms. The minimum absolute atomic E-state index is 0. The molecule has 1 saturated carbocycles. The largest absolute Gasteiger partial charge is 0.393 e. The van der Waals surface area contributed by atoms with Crippen LogP contribution in [-0.2, 0) is 13.0 Å². The Hall–Kier alpha value is -0.380. The Balaban J connectivity index is 0.00000225. The molecule has 0 aromatic carbocycles. The van der Waals surface area contributed by atoms with Gasteiger partial charge in [-0.2, -0.15) is 0 Å². The Morgan fingerprint density at radius 1 is 1.36 bits per heavy atom. The third kappa shape index (κ3) is 6.37. The molecule has 2 heterocycles. The van der Waals surface area contributed by atoms with Crippen LogP contribution >= 0.6 is 35.3 Å². The number of aliphatic hydroxyl groups is 1. The number of nitrogens with zero attached hydrogens (tertiary/aromatic N) is 2. The quantitative estimate of drug-likeness (QED) is 0.346. The molecular weight excluding hydrogens is 447 g/mol. The molecule has 0 saturated heterocycles. The van der Waals surface area contributed by atoms with E-state index >= 15 is 0 Å². The summed E-state index contributed by atoms with van der Waals surface area (Å²) >= 11 is 1.89. The maximum Gasteiger partial charge on any atom is 0.191 e. The monoisotopic (exact) mass is 478 g/mol. The molecule has 0 atom stereocenters. The van der Waals surface area contributed by atoms with E-state index in [-0.39, 0.29) is 30.1 Å². The van der Waals surface area contributed by atoms with Gasteiger partial charge in [0.25, 0.3) is 0 Å². The standard InChI is InChI=1S/C18H30N4OS.HI/c1-2-19-18(21-15-3-5-16(23)6-4-15)20-9-11-22-10-7-17-14(13-22)8-12-24-17;/h8,12,15-16,23H,2-7,9-11,13H2,1H3,(H2,19,20,21);1H. The van der Waals surface area contributed by atoms with Crippen LogP contribution in [0.4, 0.5) is 0 Å². The van der Waals surface area contributed by atoms with Crippen LogP contribution in [0.5, 0.6) is 0 Å². The molecule has 0 amide bonds. The highest BCUT2D eigenvalue weighted by molar-refractivity contribution is 14.0. The van der Waals surface area contributed by atoms with E-state index < -0.39 is 0 Å². The summed E-state index contributed by atoms with van der Waals surface area (Å²) < 4.78 is 0. The minimum atomic E-state index is -0.108. The van der Waals surface area contributed by atoms with Crippen LogP contribution in [0.15, 0.2) is 16.4 Å². The first-order valence-corrected chi connectivity index (χ1v) is 10.1. The van der Waals surface area contributed by atoms with Crippen LogP contribution in [0.3, 0.4) is 0 Å². The Morgan fingerprint density at radius 3 is 2.92 bits per heavy atom. The lowest BCUT2D eigenvalue weighted by Crippen LogP contribution is -2.45. The molecule has 142 valence electrons. The fourth-order valence-corrected chi connectivity index (χ4v) is 4.42. The van der Waals surface area contributed by atoms with Crippen molar-refractivity contribution >= 4 is 41.3 Å². The summed E-state index contributed by atoms with van der Waals surface area (Å²) in [7, 11) is 0. The van der Waals surface area contributed by atoms with Crippen molar-refractivity contribution in [3.63, 3.8) is 0 Å². The van der Waals surface area contributed by atoms with E-state index in [0.29, 0.717) is 6.04 Å². The van der Waals surface area contributed by atoms with E-state index in [9.17, 15) is 5.11 Å². The molecule has 3 rings (SSSR count). The van der Waals surface area contributed by atoms with Gasteiger partial charge in [0.1, 0.15) is 0 Å². The molecule has 0 unspecified atom stereocenters. The number of aliphatic hydroxyl groups excluding tert-OH is 1. The highest BCUT2D eigenvalue weighted by Gasteiger charge is 2.20. The minimum Gasteiger partial charge on any atom is -0.393 e. The Bertz CT molecular complexity index is 543. The van der Waals surface area contributed by atoms with Crippen molar-refractivity contribution in [3.8, 4) is 0 Å². The fourth-order valence-electron chi connectivity index (χ4n) is 3.53. The van der Waals surface area contributed by atoms with Gasteiger partial charge in [-0.15, -0.1) is 35.3 Å². The Labute approximate surface area is 172 Å². The molecule has 0 spiro atoms. The number of thiophene rings is 1. The highest BCUT2D eigenvalue weighted by Crippen LogP contribution is 2.23. The number of hydrogen-bond donors (Lipinski definition) is 3. The molecule has 5 nitrogen and oxygen atoms in total. The molecule has 1 aliphatic heterocycles. The Morgan fingerprint density at radius 2 is 2.16 bits per heavy atom. The Kier molecular flexibility index (Phi) is 8.95. The molecular formula is C18H31IN4OS. The zero-order valence-electron chi connectivity index (χ0n) is 15.0. The van der Waals surface area contributed by atoms with Gasteiger partial charge in [0.2, 0.25) is 0 Å². The van der Waals surface area contributed by atoms with E-state index in [1.165, 1.54) is 12.0 Å². The maximum atomic E-state index is 9.63. The SMILES string of the molecule is CCNC(=NCCN1CCc2sccc2C1)NC1CCC(O)CC1.I. The summed E-state index contributed by atoms with van der Waals surface area (Å²) in [5.41, 5.74) is 1.50. The zero-order chi connectivity index (χ0) is 16.8. The molecule has 1 fully saturated rings.